The molecule has 0 radical (unpaired) electrons. The number of carboxylic acids is 1. The molecule has 0 fully saturated rings. The standard InChI is InChI=1S/C23H22Cl2O3/c1-3-4-11-28-22(23(26)27)20-14(2)12-15-7-5-6-8-17(15)21(20)18-10-9-16(24)13-19(18)25/h5-10,12-13,22H,3-4,11H2,1-2H3,(H,26,27). The van der Waals surface area contributed by atoms with Crippen molar-refractivity contribution in [1.82, 2.24) is 0 Å². The maximum atomic E-state index is 12.1. The van der Waals surface area contributed by atoms with E-state index in [-0.39, 0.29) is 0 Å². The van der Waals surface area contributed by atoms with Crippen LogP contribution in [0.1, 0.15) is 37.0 Å². The van der Waals surface area contributed by atoms with Crippen LogP contribution >= 0.6 is 23.2 Å². The molecule has 0 amide bonds. The number of aliphatic carboxylic acids is 1. The molecule has 0 spiro atoms. The molecule has 0 bridgehead atoms. The second kappa shape index (κ2) is 8.95. The van der Waals surface area contributed by atoms with E-state index in [1.165, 1.54) is 0 Å². The van der Waals surface area contributed by atoms with E-state index in [0.717, 1.165) is 40.3 Å². The Kier molecular flexibility index (Phi) is 6.61. The molecule has 146 valence electrons. The minimum absolute atomic E-state index is 0.382. The lowest BCUT2D eigenvalue weighted by Gasteiger charge is -2.23. The van der Waals surface area contributed by atoms with Crippen LogP contribution in [0.15, 0.2) is 48.5 Å². The molecule has 3 nitrogen and oxygen atoms in total. The number of carboxylic acid groups (broad SMARTS) is 1. The quantitative estimate of drug-likeness (QED) is 0.419. The van der Waals surface area contributed by atoms with Crippen molar-refractivity contribution in [3.63, 3.8) is 0 Å². The molecule has 5 heteroatoms. The molecule has 0 aliphatic heterocycles. The Labute approximate surface area is 174 Å². The number of fused-ring (bicyclic) bond motifs is 1. The fraction of sp³-hybridized carbons (Fsp3) is 0.261. The van der Waals surface area contributed by atoms with Gasteiger partial charge in [-0.2, -0.15) is 0 Å². The summed E-state index contributed by atoms with van der Waals surface area (Å²) in [5, 5.41) is 12.9. The fourth-order valence-electron chi connectivity index (χ4n) is 3.45. The molecule has 0 saturated carbocycles. The fourth-order valence-corrected chi connectivity index (χ4v) is 3.95. The third-order valence-electron chi connectivity index (χ3n) is 4.77. The second-order valence-electron chi connectivity index (χ2n) is 6.77. The first-order valence-corrected chi connectivity index (χ1v) is 10.0. The van der Waals surface area contributed by atoms with Crippen molar-refractivity contribution in [2.75, 3.05) is 6.61 Å². The number of halogens is 2. The van der Waals surface area contributed by atoms with Gasteiger partial charge < -0.3 is 9.84 Å². The number of aryl methyl sites for hydroxylation is 1. The van der Waals surface area contributed by atoms with E-state index in [0.29, 0.717) is 22.2 Å². The topological polar surface area (TPSA) is 46.5 Å². The maximum Gasteiger partial charge on any atom is 0.337 e. The Morgan fingerprint density at radius 2 is 1.89 bits per heavy atom. The van der Waals surface area contributed by atoms with Gasteiger partial charge in [-0.1, -0.05) is 72.9 Å². The Morgan fingerprint density at radius 3 is 2.57 bits per heavy atom. The summed E-state index contributed by atoms with van der Waals surface area (Å²) in [6, 6.07) is 15.1. The summed E-state index contributed by atoms with van der Waals surface area (Å²) in [6.45, 7) is 4.33. The maximum absolute atomic E-state index is 12.1. The average molecular weight is 417 g/mol. The number of hydrogen-bond acceptors (Lipinski definition) is 2. The largest absolute Gasteiger partial charge is 0.479 e. The van der Waals surface area contributed by atoms with Crippen LogP contribution in [0.2, 0.25) is 10.0 Å². The summed E-state index contributed by atoms with van der Waals surface area (Å²) in [4.78, 5) is 12.1. The summed E-state index contributed by atoms with van der Waals surface area (Å²) >= 11 is 12.6. The van der Waals surface area contributed by atoms with Crippen molar-refractivity contribution in [3.05, 3.63) is 69.7 Å². The normalized spacial score (nSPS) is 12.3. The number of ether oxygens (including phenoxy) is 1. The SMILES string of the molecule is CCCCOC(C(=O)O)c1c(C)cc2ccccc2c1-c1ccc(Cl)cc1Cl. The molecule has 1 N–H and O–H groups in total. The van der Waals surface area contributed by atoms with Crippen LogP contribution in [0.25, 0.3) is 21.9 Å². The molecule has 0 heterocycles. The van der Waals surface area contributed by atoms with E-state index in [4.69, 9.17) is 27.9 Å². The Morgan fingerprint density at radius 1 is 1.14 bits per heavy atom. The van der Waals surface area contributed by atoms with Crippen molar-refractivity contribution < 1.29 is 14.6 Å². The molecule has 0 aromatic heterocycles. The zero-order valence-electron chi connectivity index (χ0n) is 15.8. The molecule has 1 unspecified atom stereocenters. The van der Waals surface area contributed by atoms with Gasteiger partial charge in [0.15, 0.2) is 6.10 Å². The van der Waals surface area contributed by atoms with Crippen molar-refractivity contribution in [3.8, 4) is 11.1 Å². The predicted molar refractivity (Wildman–Crippen MR) is 115 cm³/mol. The summed E-state index contributed by atoms with van der Waals surface area (Å²) in [7, 11) is 0. The first-order valence-electron chi connectivity index (χ1n) is 9.26. The molecule has 28 heavy (non-hydrogen) atoms. The lowest BCUT2D eigenvalue weighted by molar-refractivity contribution is -0.151. The van der Waals surface area contributed by atoms with Gasteiger partial charge in [0.25, 0.3) is 0 Å². The third kappa shape index (κ3) is 4.17. The summed E-state index contributed by atoms with van der Waals surface area (Å²) in [5.74, 6) is -1.01. The van der Waals surface area contributed by atoms with Gasteiger partial charge >= 0.3 is 5.97 Å². The van der Waals surface area contributed by atoms with E-state index < -0.39 is 12.1 Å². The van der Waals surface area contributed by atoms with E-state index in [1.807, 2.05) is 50.2 Å². The molecule has 3 aromatic carbocycles. The zero-order chi connectivity index (χ0) is 20.3. The highest BCUT2D eigenvalue weighted by Crippen LogP contribution is 2.42. The Balaban J connectivity index is 2.32. The van der Waals surface area contributed by atoms with E-state index in [1.54, 1.807) is 12.1 Å². The number of hydrogen-bond donors (Lipinski definition) is 1. The third-order valence-corrected chi connectivity index (χ3v) is 5.31. The predicted octanol–water partition coefficient (Wildman–Crippen LogP) is 7.06. The van der Waals surface area contributed by atoms with Crippen LogP contribution in [0.3, 0.4) is 0 Å². The lowest BCUT2D eigenvalue weighted by atomic mass is 9.87. The first-order chi connectivity index (χ1) is 13.4. The van der Waals surface area contributed by atoms with E-state index >= 15 is 0 Å². The smallest absolute Gasteiger partial charge is 0.337 e. The van der Waals surface area contributed by atoms with Crippen molar-refractivity contribution in [2.45, 2.75) is 32.8 Å². The number of benzene rings is 3. The Bertz CT molecular complexity index is 1010. The molecule has 3 rings (SSSR count). The van der Waals surface area contributed by atoms with Crippen LogP contribution in [-0.4, -0.2) is 17.7 Å². The van der Waals surface area contributed by atoms with Crippen LogP contribution in [0.5, 0.6) is 0 Å². The van der Waals surface area contributed by atoms with E-state index in [2.05, 4.69) is 0 Å². The van der Waals surface area contributed by atoms with Crippen molar-refractivity contribution in [2.24, 2.45) is 0 Å². The first kappa shape index (κ1) is 20.7. The van der Waals surface area contributed by atoms with Gasteiger partial charge in [-0.25, -0.2) is 4.79 Å². The van der Waals surface area contributed by atoms with Gasteiger partial charge in [0.2, 0.25) is 0 Å². The van der Waals surface area contributed by atoms with E-state index in [9.17, 15) is 9.90 Å². The van der Waals surface area contributed by atoms with Gasteiger partial charge in [-0.15, -0.1) is 0 Å². The zero-order valence-corrected chi connectivity index (χ0v) is 17.3. The van der Waals surface area contributed by atoms with Gasteiger partial charge in [0.05, 0.1) is 0 Å². The molecule has 0 saturated heterocycles. The van der Waals surface area contributed by atoms with Crippen LogP contribution in [0.4, 0.5) is 0 Å². The highest BCUT2D eigenvalue weighted by molar-refractivity contribution is 6.36. The highest BCUT2D eigenvalue weighted by Gasteiger charge is 2.28. The van der Waals surface area contributed by atoms with Crippen LogP contribution in [0, 0.1) is 6.92 Å². The molecule has 1 atom stereocenters. The Hall–Kier alpha value is -2.07. The number of carbonyl (C=O) groups is 1. The van der Waals surface area contributed by atoms with Gasteiger partial charge in [0, 0.05) is 27.8 Å². The minimum atomic E-state index is -1.07. The molecule has 0 aliphatic carbocycles. The van der Waals surface area contributed by atoms with Crippen LogP contribution in [-0.2, 0) is 9.53 Å². The summed E-state index contributed by atoms with van der Waals surface area (Å²) in [6.07, 6.45) is 0.657. The average Bonchev–Trinajstić information content (AvgIpc) is 2.65. The van der Waals surface area contributed by atoms with Crippen molar-refractivity contribution in [1.29, 1.82) is 0 Å². The van der Waals surface area contributed by atoms with Gasteiger partial charge in [0.1, 0.15) is 0 Å². The van der Waals surface area contributed by atoms with Gasteiger partial charge in [-0.3, -0.25) is 0 Å². The summed E-state index contributed by atoms with van der Waals surface area (Å²) < 4.78 is 5.82. The molecule has 3 aromatic rings. The minimum Gasteiger partial charge on any atom is -0.479 e. The summed E-state index contributed by atoms with van der Waals surface area (Å²) in [5.41, 5.74) is 3.00. The monoisotopic (exact) mass is 416 g/mol. The van der Waals surface area contributed by atoms with Gasteiger partial charge in [-0.05, 0) is 47.4 Å². The molecular formula is C23H22Cl2O3. The molecular weight excluding hydrogens is 395 g/mol. The highest BCUT2D eigenvalue weighted by atomic mass is 35.5. The van der Waals surface area contributed by atoms with Crippen molar-refractivity contribution >= 4 is 39.9 Å². The number of unbranched alkanes of at least 4 members (excludes halogenated alkanes) is 1. The number of rotatable bonds is 7. The molecule has 0 aliphatic rings. The second-order valence-corrected chi connectivity index (χ2v) is 7.61. The lowest BCUT2D eigenvalue weighted by Crippen LogP contribution is -2.18. The van der Waals surface area contributed by atoms with Crippen LogP contribution < -0.4 is 0 Å².